The zero-order chi connectivity index (χ0) is 36.5. The number of furan rings is 1. The maximum atomic E-state index is 13.8. The molecule has 0 amide bonds. The van der Waals surface area contributed by atoms with Crippen LogP contribution in [0, 0.1) is 0 Å². The number of hydrogen-bond donors (Lipinski definition) is 0. The van der Waals surface area contributed by atoms with E-state index in [1.165, 1.54) is 43.4 Å². The molecule has 0 radical (unpaired) electrons. The van der Waals surface area contributed by atoms with E-state index in [0.29, 0.717) is 6.42 Å². The molecule has 1 heterocycles. The summed E-state index contributed by atoms with van der Waals surface area (Å²) in [5.74, 6) is 0.353. The van der Waals surface area contributed by atoms with Gasteiger partial charge in [0.25, 0.3) is 0 Å². The van der Waals surface area contributed by atoms with E-state index < -0.39 is 0 Å². The van der Waals surface area contributed by atoms with Crippen molar-refractivity contribution in [3.05, 3.63) is 193 Å². The van der Waals surface area contributed by atoms with E-state index in [-0.39, 0.29) is 11.7 Å². The third-order valence-electron chi connectivity index (χ3n) is 12.0. The van der Waals surface area contributed by atoms with Crippen molar-refractivity contribution in [3.8, 4) is 33.4 Å². The molecule has 9 aromatic carbocycles. The molecule has 0 fully saturated rings. The number of hydrogen-bond acceptors (Lipinski definition) is 2. The topological polar surface area (TPSA) is 30.2 Å². The fourth-order valence-electron chi connectivity index (χ4n) is 9.35. The van der Waals surface area contributed by atoms with E-state index in [4.69, 9.17) is 4.42 Å². The van der Waals surface area contributed by atoms with Gasteiger partial charge in [0, 0.05) is 28.3 Å². The number of aryl methyl sites for hydroxylation is 1. The van der Waals surface area contributed by atoms with Gasteiger partial charge in [0.05, 0.1) is 0 Å². The van der Waals surface area contributed by atoms with Crippen molar-refractivity contribution in [2.45, 2.75) is 25.2 Å². The number of benzene rings is 9. The SMILES string of the molecule is O=C1CC(CCc2ccccc2)c2ccc(-c3cccc4oc5c(-c6ccc7c8ccccc8c8ccccc8c7c6)cccc5c34)cc2-c2ccccc21. The predicted octanol–water partition coefficient (Wildman–Crippen LogP) is 14.3. The summed E-state index contributed by atoms with van der Waals surface area (Å²) < 4.78 is 6.82. The average molecular weight is 705 g/mol. The van der Waals surface area contributed by atoms with E-state index in [1.807, 2.05) is 12.1 Å². The Morgan fingerprint density at radius 1 is 0.455 bits per heavy atom. The summed E-state index contributed by atoms with van der Waals surface area (Å²) in [7, 11) is 0. The number of carbonyl (C=O) groups excluding carboxylic acids is 1. The molecule has 55 heavy (non-hydrogen) atoms. The second-order valence-electron chi connectivity index (χ2n) is 15.0. The highest BCUT2D eigenvalue weighted by molar-refractivity contribution is 6.26. The largest absolute Gasteiger partial charge is 0.455 e. The Labute approximate surface area is 319 Å². The molecule has 0 spiro atoms. The first-order valence-electron chi connectivity index (χ1n) is 19.3. The van der Waals surface area contributed by atoms with Gasteiger partial charge >= 0.3 is 0 Å². The van der Waals surface area contributed by atoms with Crippen LogP contribution in [0.15, 0.2) is 180 Å². The van der Waals surface area contributed by atoms with Crippen LogP contribution in [-0.4, -0.2) is 5.78 Å². The number of ketones is 1. The summed E-state index contributed by atoms with van der Waals surface area (Å²) in [4.78, 5) is 13.8. The standard InChI is InChI=1S/C53H36O2/c54-50-32-36(25-24-33-12-2-1-3-13-33)37-28-26-34(30-48(37)44-18-8-9-19-46(44)50)38-20-11-23-51-52(38)47-22-10-21-39(53(47)55-51)35-27-29-45-42-16-5-4-14-40(42)41-15-6-7-17-43(41)49(45)31-35/h1-23,26-31,36H,24-25,32H2. The lowest BCUT2D eigenvalue weighted by Crippen LogP contribution is -2.07. The van der Waals surface area contributed by atoms with Crippen molar-refractivity contribution >= 4 is 60.0 Å². The molecule has 0 aliphatic heterocycles. The molecule has 0 saturated carbocycles. The van der Waals surface area contributed by atoms with Gasteiger partial charge in [-0.3, -0.25) is 4.79 Å². The predicted molar refractivity (Wildman–Crippen MR) is 229 cm³/mol. The van der Waals surface area contributed by atoms with Crippen LogP contribution in [-0.2, 0) is 6.42 Å². The molecule has 10 aromatic rings. The molecule has 2 nitrogen and oxygen atoms in total. The number of rotatable bonds is 5. The third-order valence-corrected chi connectivity index (χ3v) is 12.0. The molecule has 0 bridgehead atoms. The maximum Gasteiger partial charge on any atom is 0.164 e. The Balaban J connectivity index is 1.06. The van der Waals surface area contributed by atoms with Crippen LogP contribution in [0.3, 0.4) is 0 Å². The molecule has 1 atom stereocenters. The molecule has 1 aromatic heterocycles. The van der Waals surface area contributed by atoms with Gasteiger partial charge in [-0.25, -0.2) is 0 Å². The Kier molecular flexibility index (Phi) is 7.31. The lowest BCUT2D eigenvalue weighted by Gasteiger charge is -2.19. The summed E-state index contributed by atoms with van der Waals surface area (Å²) in [6.45, 7) is 0. The van der Waals surface area contributed by atoms with Crippen LogP contribution < -0.4 is 0 Å². The van der Waals surface area contributed by atoms with Gasteiger partial charge in [0.1, 0.15) is 11.2 Å². The monoisotopic (exact) mass is 704 g/mol. The lowest BCUT2D eigenvalue weighted by atomic mass is 9.85. The maximum absolute atomic E-state index is 13.8. The number of fused-ring (bicyclic) bond motifs is 12. The minimum Gasteiger partial charge on any atom is -0.455 e. The molecule has 1 unspecified atom stereocenters. The Morgan fingerprint density at radius 3 is 1.82 bits per heavy atom. The minimum absolute atomic E-state index is 0.134. The highest BCUT2D eigenvalue weighted by Crippen LogP contribution is 2.46. The van der Waals surface area contributed by atoms with Crippen molar-refractivity contribution in [3.63, 3.8) is 0 Å². The van der Waals surface area contributed by atoms with E-state index in [9.17, 15) is 4.79 Å². The quantitative estimate of drug-likeness (QED) is 0.167. The van der Waals surface area contributed by atoms with E-state index in [1.54, 1.807) is 0 Å². The van der Waals surface area contributed by atoms with Crippen molar-refractivity contribution in [2.75, 3.05) is 0 Å². The lowest BCUT2D eigenvalue weighted by molar-refractivity contribution is 0.0974. The first-order chi connectivity index (χ1) is 27.2. The normalized spacial score (nSPS) is 14.1. The van der Waals surface area contributed by atoms with Crippen molar-refractivity contribution < 1.29 is 9.21 Å². The molecule has 0 saturated heterocycles. The first kappa shape index (κ1) is 31.7. The van der Waals surface area contributed by atoms with Crippen LogP contribution in [0.25, 0.3) is 87.6 Å². The molecule has 2 heteroatoms. The molecular formula is C53H36O2. The van der Waals surface area contributed by atoms with Crippen LogP contribution in [0.2, 0.25) is 0 Å². The molecule has 1 aliphatic carbocycles. The average Bonchev–Trinajstić information content (AvgIpc) is 3.59. The van der Waals surface area contributed by atoms with Crippen molar-refractivity contribution in [1.82, 2.24) is 0 Å². The van der Waals surface area contributed by atoms with E-state index in [2.05, 4.69) is 164 Å². The molecule has 1 aliphatic rings. The summed E-state index contributed by atoms with van der Waals surface area (Å²) in [6, 6.07) is 62.8. The smallest absolute Gasteiger partial charge is 0.164 e. The molecule has 11 rings (SSSR count). The summed E-state index contributed by atoms with van der Waals surface area (Å²) in [5, 5.41) is 9.77. The molecule has 0 N–H and O–H groups in total. The third kappa shape index (κ3) is 5.13. The Morgan fingerprint density at radius 2 is 1.04 bits per heavy atom. The highest BCUT2D eigenvalue weighted by Gasteiger charge is 2.28. The van der Waals surface area contributed by atoms with Gasteiger partial charge in [0.15, 0.2) is 5.78 Å². The fraction of sp³-hybridized carbons (Fsp3) is 0.0755. The summed E-state index contributed by atoms with van der Waals surface area (Å²) in [5.41, 5.74) is 11.8. The van der Waals surface area contributed by atoms with Crippen LogP contribution in [0.5, 0.6) is 0 Å². The second kappa shape index (κ2) is 12.7. The van der Waals surface area contributed by atoms with Crippen molar-refractivity contribution in [1.29, 1.82) is 0 Å². The van der Waals surface area contributed by atoms with E-state index >= 15 is 0 Å². The van der Waals surface area contributed by atoms with Gasteiger partial charge in [-0.2, -0.15) is 0 Å². The van der Waals surface area contributed by atoms with E-state index in [0.717, 1.165) is 73.7 Å². The number of para-hydroxylation sites is 1. The van der Waals surface area contributed by atoms with Crippen LogP contribution in [0.1, 0.15) is 40.2 Å². The number of carbonyl (C=O) groups is 1. The summed E-state index contributed by atoms with van der Waals surface area (Å²) >= 11 is 0. The zero-order valence-electron chi connectivity index (χ0n) is 30.3. The van der Waals surface area contributed by atoms with Crippen LogP contribution in [0.4, 0.5) is 0 Å². The molecular weight excluding hydrogens is 669 g/mol. The number of Topliss-reactive ketones (excluding diaryl/α,β-unsaturated/α-hetero) is 1. The second-order valence-corrected chi connectivity index (χ2v) is 15.0. The van der Waals surface area contributed by atoms with Crippen LogP contribution >= 0.6 is 0 Å². The fourth-order valence-corrected chi connectivity index (χ4v) is 9.35. The Bertz CT molecular complexity index is 3110. The first-order valence-corrected chi connectivity index (χ1v) is 19.3. The highest BCUT2D eigenvalue weighted by atomic mass is 16.3. The molecule has 260 valence electrons. The van der Waals surface area contributed by atoms with Gasteiger partial charge in [-0.1, -0.05) is 158 Å². The zero-order valence-corrected chi connectivity index (χ0v) is 30.3. The van der Waals surface area contributed by atoms with Crippen molar-refractivity contribution in [2.24, 2.45) is 0 Å². The van der Waals surface area contributed by atoms with Gasteiger partial charge in [0.2, 0.25) is 0 Å². The minimum atomic E-state index is 0.134. The van der Waals surface area contributed by atoms with Gasteiger partial charge < -0.3 is 4.42 Å². The van der Waals surface area contributed by atoms with Gasteiger partial charge in [-0.15, -0.1) is 0 Å². The van der Waals surface area contributed by atoms with Gasteiger partial charge in [-0.05, 0) is 108 Å². The summed E-state index contributed by atoms with van der Waals surface area (Å²) in [6.07, 6.45) is 2.37. The Hall–Kier alpha value is -6.77.